The summed E-state index contributed by atoms with van der Waals surface area (Å²) in [5.74, 6) is -0.287. The summed E-state index contributed by atoms with van der Waals surface area (Å²) in [6.45, 7) is 0. The number of rotatable bonds is 2. The van der Waals surface area contributed by atoms with Crippen LogP contribution in [0.1, 0.15) is 26.6 Å². The smallest absolute Gasteiger partial charge is 0.221 e. The first-order valence-electron chi connectivity index (χ1n) is 8.06. The Morgan fingerprint density at radius 1 is 0.885 bits per heavy atom. The van der Waals surface area contributed by atoms with Crippen LogP contribution in [0.5, 0.6) is 0 Å². The van der Waals surface area contributed by atoms with Gasteiger partial charge in [-0.25, -0.2) is 0 Å². The standard InChI is InChI=1S/C21H11NO3S/c23-19-13-8-4-5-9-14(13)20(24)15(19)10-18-22-21-16(25-18)11-17(26-21)12-6-2-1-3-7-12/h1-11H. The van der Waals surface area contributed by atoms with Crippen LogP contribution in [0.3, 0.4) is 0 Å². The molecular formula is C21H11NO3S. The molecule has 0 spiro atoms. The van der Waals surface area contributed by atoms with Crippen LogP contribution in [0.15, 0.2) is 70.7 Å². The van der Waals surface area contributed by atoms with Crippen LogP contribution in [0, 0.1) is 0 Å². The third-order valence-electron chi connectivity index (χ3n) is 4.34. The van der Waals surface area contributed by atoms with Gasteiger partial charge in [0.2, 0.25) is 5.89 Å². The largest absolute Gasteiger partial charge is 0.436 e. The SMILES string of the molecule is O=C1C(=Cc2nc3sc(-c4ccccc4)cc3o2)C(=O)c2ccccc21. The fourth-order valence-electron chi connectivity index (χ4n) is 3.08. The highest BCUT2D eigenvalue weighted by atomic mass is 32.1. The van der Waals surface area contributed by atoms with Gasteiger partial charge < -0.3 is 4.42 Å². The molecule has 2 heterocycles. The van der Waals surface area contributed by atoms with Crippen molar-refractivity contribution in [3.05, 3.63) is 83.3 Å². The van der Waals surface area contributed by atoms with Crippen molar-refractivity contribution in [2.45, 2.75) is 0 Å². The Labute approximate surface area is 152 Å². The maximum Gasteiger partial charge on any atom is 0.221 e. The van der Waals surface area contributed by atoms with Crippen molar-refractivity contribution in [1.82, 2.24) is 4.98 Å². The Hall–Kier alpha value is -3.31. The summed E-state index contributed by atoms with van der Waals surface area (Å²) in [5, 5.41) is 0. The third kappa shape index (κ3) is 2.25. The van der Waals surface area contributed by atoms with Gasteiger partial charge >= 0.3 is 0 Å². The number of carbonyl (C=O) groups excluding carboxylic acids is 2. The quantitative estimate of drug-likeness (QED) is 0.373. The van der Waals surface area contributed by atoms with Crippen LogP contribution < -0.4 is 0 Å². The molecule has 4 aromatic rings. The molecule has 0 aliphatic heterocycles. The number of thiophene rings is 1. The summed E-state index contributed by atoms with van der Waals surface area (Å²) in [5.41, 5.74) is 2.72. The van der Waals surface area contributed by atoms with Crippen LogP contribution in [-0.4, -0.2) is 16.6 Å². The number of hydrogen-bond acceptors (Lipinski definition) is 5. The lowest BCUT2D eigenvalue weighted by Crippen LogP contribution is -2.00. The highest BCUT2D eigenvalue weighted by Crippen LogP contribution is 2.34. The van der Waals surface area contributed by atoms with Gasteiger partial charge in [0.25, 0.3) is 0 Å². The number of carbonyl (C=O) groups is 2. The van der Waals surface area contributed by atoms with E-state index in [1.807, 2.05) is 36.4 Å². The van der Waals surface area contributed by atoms with Gasteiger partial charge in [0.15, 0.2) is 22.0 Å². The first-order valence-corrected chi connectivity index (χ1v) is 8.88. The number of allylic oxidation sites excluding steroid dienone is 1. The molecule has 1 aliphatic rings. The number of benzene rings is 2. The number of fused-ring (bicyclic) bond motifs is 2. The molecule has 0 fully saturated rings. The minimum absolute atomic E-state index is 0.100. The Morgan fingerprint density at radius 2 is 1.54 bits per heavy atom. The third-order valence-corrected chi connectivity index (χ3v) is 5.40. The van der Waals surface area contributed by atoms with Crippen molar-refractivity contribution >= 4 is 39.4 Å². The van der Waals surface area contributed by atoms with Crippen LogP contribution >= 0.6 is 11.3 Å². The maximum atomic E-state index is 12.4. The van der Waals surface area contributed by atoms with E-state index in [-0.39, 0.29) is 23.0 Å². The van der Waals surface area contributed by atoms with Gasteiger partial charge in [-0.1, -0.05) is 54.6 Å². The Bertz CT molecular complexity index is 1150. The second-order valence-electron chi connectivity index (χ2n) is 5.96. The van der Waals surface area contributed by atoms with Gasteiger partial charge in [-0.15, -0.1) is 11.3 Å². The summed E-state index contributed by atoms with van der Waals surface area (Å²) in [4.78, 5) is 31.1. The van der Waals surface area contributed by atoms with Crippen molar-refractivity contribution in [3.8, 4) is 10.4 Å². The molecule has 26 heavy (non-hydrogen) atoms. The second-order valence-corrected chi connectivity index (χ2v) is 6.99. The number of hydrogen-bond donors (Lipinski definition) is 0. The lowest BCUT2D eigenvalue weighted by molar-refractivity contribution is 0.0990. The number of nitrogens with zero attached hydrogens (tertiary/aromatic N) is 1. The van der Waals surface area contributed by atoms with E-state index < -0.39 is 0 Å². The molecular weight excluding hydrogens is 346 g/mol. The molecule has 2 aromatic heterocycles. The zero-order chi connectivity index (χ0) is 17.7. The molecule has 5 rings (SSSR count). The minimum atomic E-state index is -0.280. The average Bonchev–Trinajstić information content (AvgIpc) is 3.30. The molecule has 0 amide bonds. The summed E-state index contributed by atoms with van der Waals surface area (Å²) in [6, 6.07) is 18.7. The van der Waals surface area contributed by atoms with E-state index in [0.29, 0.717) is 16.7 Å². The Morgan fingerprint density at radius 3 is 2.19 bits per heavy atom. The first kappa shape index (κ1) is 15.0. The fraction of sp³-hybridized carbons (Fsp3) is 0. The normalized spacial score (nSPS) is 13.5. The van der Waals surface area contributed by atoms with E-state index in [1.54, 1.807) is 24.3 Å². The van der Waals surface area contributed by atoms with Crippen molar-refractivity contribution in [3.63, 3.8) is 0 Å². The second kappa shape index (κ2) is 5.61. The lowest BCUT2D eigenvalue weighted by atomic mass is 10.1. The van der Waals surface area contributed by atoms with Gasteiger partial charge in [0.05, 0.1) is 5.57 Å². The lowest BCUT2D eigenvalue weighted by Gasteiger charge is -1.94. The summed E-state index contributed by atoms with van der Waals surface area (Å²) < 4.78 is 5.75. The molecule has 0 saturated carbocycles. The Kier molecular flexibility index (Phi) is 3.23. The molecule has 0 N–H and O–H groups in total. The summed E-state index contributed by atoms with van der Waals surface area (Å²) in [7, 11) is 0. The molecule has 0 unspecified atom stereocenters. The Balaban J connectivity index is 1.53. The topological polar surface area (TPSA) is 60.2 Å². The van der Waals surface area contributed by atoms with E-state index in [1.165, 1.54) is 17.4 Å². The molecule has 124 valence electrons. The minimum Gasteiger partial charge on any atom is -0.436 e. The van der Waals surface area contributed by atoms with Gasteiger partial charge in [0.1, 0.15) is 0 Å². The first-order chi connectivity index (χ1) is 12.7. The molecule has 1 aliphatic carbocycles. The van der Waals surface area contributed by atoms with Crippen LogP contribution in [0.25, 0.3) is 26.9 Å². The highest BCUT2D eigenvalue weighted by Gasteiger charge is 2.33. The molecule has 0 saturated heterocycles. The molecule has 0 radical (unpaired) electrons. The van der Waals surface area contributed by atoms with Crippen LogP contribution in [0.2, 0.25) is 0 Å². The van der Waals surface area contributed by atoms with E-state index in [0.717, 1.165) is 15.3 Å². The van der Waals surface area contributed by atoms with E-state index >= 15 is 0 Å². The predicted molar refractivity (Wildman–Crippen MR) is 100 cm³/mol. The summed E-state index contributed by atoms with van der Waals surface area (Å²) in [6.07, 6.45) is 1.44. The average molecular weight is 357 g/mol. The van der Waals surface area contributed by atoms with Gasteiger partial charge in [-0.3, -0.25) is 9.59 Å². The number of ketones is 2. The van der Waals surface area contributed by atoms with Crippen molar-refractivity contribution in [2.75, 3.05) is 0 Å². The number of oxazole rings is 1. The van der Waals surface area contributed by atoms with Crippen molar-refractivity contribution in [1.29, 1.82) is 0 Å². The molecule has 0 bridgehead atoms. The van der Waals surface area contributed by atoms with Gasteiger partial charge in [-0.05, 0) is 5.56 Å². The van der Waals surface area contributed by atoms with E-state index in [4.69, 9.17) is 4.42 Å². The zero-order valence-corrected chi connectivity index (χ0v) is 14.2. The van der Waals surface area contributed by atoms with Crippen LogP contribution in [0.4, 0.5) is 0 Å². The fourth-order valence-corrected chi connectivity index (χ4v) is 4.05. The predicted octanol–water partition coefficient (Wildman–Crippen LogP) is 5.02. The van der Waals surface area contributed by atoms with E-state index in [2.05, 4.69) is 4.98 Å². The zero-order valence-electron chi connectivity index (χ0n) is 13.4. The molecule has 0 atom stereocenters. The number of aromatic nitrogens is 1. The van der Waals surface area contributed by atoms with Gasteiger partial charge in [0, 0.05) is 28.1 Å². The number of Topliss-reactive ketones (excluding diaryl/α,β-unsaturated/α-hetero) is 2. The summed E-state index contributed by atoms with van der Waals surface area (Å²) >= 11 is 1.51. The van der Waals surface area contributed by atoms with Gasteiger partial charge in [-0.2, -0.15) is 4.98 Å². The monoisotopic (exact) mass is 357 g/mol. The molecule has 5 heteroatoms. The van der Waals surface area contributed by atoms with Crippen molar-refractivity contribution in [2.24, 2.45) is 0 Å². The van der Waals surface area contributed by atoms with E-state index in [9.17, 15) is 9.59 Å². The van der Waals surface area contributed by atoms with Crippen molar-refractivity contribution < 1.29 is 14.0 Å². The van der Waals surface area contributed by atoms with Crippen LogP contribution in [-0.2, 0) is 0 Å². The highest BCUT2D eigenvalue weighted by molar-refractivity contribution is 7.21. The molecule has 4 nitrogen and oxygen atoms in total. The molecule has 2 aromatic carbocycles. The maximum absolute atomic E-state index is 12.4.